The lowest BCUT2D eigenvalue weighted by molar-refractivity contribution is -0.111. The van der Waals surface area contributed by atoms with E-state index >= 15 is 0 Å². The number of hydrogen-bond acceptors (Lipinski definition) is 2. The molecule has 3 nitrogen and oxygen atoms in total. The fourth-order valence-corrected chi connectivity index (χ4v) is 1.72. The van der Waals surface area contributed by atoms with Gasteiger partial charge in [-0.25, -0.2) is 4.39 Å². The number of rotatable bonds is 2. The predicted octanol–water partition coefficient (Wildman–Crippen LogP) is 2.28. The monoisotopic (exact) mass is 221 g/mol. The third-order valence-corrected chi connectivity index (χ3v) is 2.41. The van der Waals surface area contributed by atoms with Gasteiger partial charge in [-0.1, -0.05) is 6.58 Å². The SMILES string of the molecule is C=CC(=O)Nc1cc(F)cc2c1OCCC2. The molecule has 0 unspecified atom stereocenters. The Hall–Kier alpha value is -1.84. The summed E-state index contributed by atoms with van der Waals surface area (Å²) in [5.41, 5.74) is 1.17. The maximum Gasteiger partial charge on any atom is 0.247 e. The number of amides is 1. The predicted molar refractivity (Wildman–Crippen MR) is 59.0 cm³/mol. The van der Waals surface area contributed by atoms with Crippen molar-refractivity contribution in [1.29, 1.82) is 0 Å². The van der Waals surface area contributed by atoms with E-state index in [4.69, 9.17) is 4.74 Å². The Morgan fingerprint density at radius 2 is 2.38 bits per heavy atom. The second kappa shape index (κ2) is 4.35. The molecular weight excluding hydrogens is 209 g/mol. The van der Waals surface area contributed by atoms with E-state index in [-0.39, 0.29) is 11.7 Å². The van der Waals surface area contributed by atoms with Gasteiger partial charge in [-0.2, -0.15) is 0 Å². The first-order valence-electron chi connectivity index (χ1n) is 5.09. The highest BCUT2D eigenvalue weighted by atomic mass is 19.1. The molecule has 1 aliphatic heterocycles. The molecule has 2 rings (SSSR count). The molecule has 0 bridgehead atoms. The van der Waals surface area contributed by atoms with Gasteiger partial charge in [0.2, 0.25) is 5.91 Å². The number of anilines is 1. The van der Waals surface area contributed by atoms with Crippen molar-refractivity contribution in [2.45, 2.75) is 12.8 Å². The van der Waals surface area contributed by atoms with E-state index in [0.717, 1.165) is 24.5 Å². The van der Waals surface area contributed by atoms with Crippen LogP contribution in [0.3, 0.4) is 0 Å². The molecule has 1 aromatic rings. The summed E-state index contributed by atoms with van der Waals surface area (Å²) in [4.78, 5) is 11.2. The van der Waals surface area contributed by atoms with Crippen LogP contribution in [-0.2, 0) is 11.2 Å². The maximum absolute atomic E-state index is 13.3. The summed E-state index contributed by atoms with van der Waals surface area (Å²) in [6.45, 7) is 3.94. The van der Waals surface area contributed by atoms with E-state index in [1.54, 1.807) is 0 Å². The second-order valence-corrected chi connectivity index (χ2v) is 3.59. The molecule has 16 heavy (non-hydrogen) atoms. The van der Waals surface area contributed by atoms with Gasteiger partial charge in [0, 0.05) is 6.07 Å². The average molecular weight is 221 g/mol. The minimum atomic E-state index is -0.373. The quantitative estimate of drug-likeness (QED) is 0.778. The van der Waals surface area contributed by atoms with Gasteiger partial charge in [-0.05, 0) is 30.5 Å². The van der Waals surface area contributed by atoms with Crippen molar-refractivity contribution in [1.82, 2.24) is 0 Å². The first-order chi connectivity index (χ1) is 7.70. The van der Waals surface area contributed by atoms with Gasteiger partial charge in [-0.15, -0.1) is 0 Å². The Labute approximate surface area is 92.9 Å². The average Bonchev–Trinajstić information content (AvgIpc) is 2.28. The Bertz CT molecular complexity index is 443. The number of halogens is 1. The van der Waals surface area contributed by atoms with E-state index in [0.29, 0.717) is 18.0 Å². The van der Waals surface area contributed by atoms with Crippen LogP contribution in [0.5, 0.6) is 5.75 Å². The summed E-state index contributed by atoms with van der Waals surface area (Å²) in [5, 5.41) is 2.54. The van der Waals surface area contributed by atoms with Crippen LogP contribution in [0, 0.1) is 5.82 Å². The summed E-state index contributed by atoms with van der Waals surface area (Å²) in [5.74, 6) is -0.173. The Kier molecular flexibility index (Phi) is 2.90. The zero-order valence-electron chi connectivity index (χ0n) is 8.75. The van der Waals surface area contributed by atoms with Crippen LogP contribution in [0.25, 0.3) is 0 Å². The molecule has 0 spiro atoms. The Morgan fingerprint density at radius 3 is 3.12 bits per heavy atom. The van der Waals surface area contributed by atoms with E-state index in [2.05, 4.69) is 11.9 Å². The number of hydrogen-bond donors (Lipinski definition) is 1. The summed E-state index contributed by atoms with van der Waals surface area (Å²) in [6.07, 6.45) is 2.77. The first kappa shape index (κ1) is 10.7. The van der Waals surface area contributed by atoms with Gasteiger partial charge in [-0.3, -0.25) is 4.79 Å². The van der Waals surface area contributed by atoms with Crippen LogP contribution in [0.1, 0.15) is 12.0 Å². The summed E-state index contributed by atoms with van der Waals surface area (Å²) >= 11 is 0. The number of fused-ring (bicyclic) bond motifs is 1. The number of aryl methyl sites for hydroxylation is 1. The van der Waals surface area contributed by atoms with Crippen molar-refractivity contribution >= 4 is 11.6 Å². The largest absolute Gasteiger partial charge is 0.491 e. The van der Waals surface area contributed by atoms with Crippen LogP contribution < -0.4 is 10.1 Å². The van der Waals surface area contributed by atoms with Crippen molar-refractivity contribution < 1.29 is 13.9 Å². The molecule has 4 heteroatoms. The van der Waals surface area contributed by atoms with Crippen LogP contribution in [0.2, 0.25) is 0 Å². The normalized spacial score (nSPS) is 13.6. The van der Waals surface area contributed by atoms with E-state index in [1.807, 2.05) is 0 Å². The van der Waals surface area contributed by atoms with Crippen molar-refractivity contribution in [2.24, 2.45) is 0 Å². The van der Waals surface area contributed by atoms with E-state index in [1.165, 1.54) is 12.1 Å². The van der Waals surface area contributed by atoms with Crippen molar-refractivity contribution in [2.75, 3.05) is 11.9 Å². The van der Waals surface area contributed by atoms with Crippen LogP contribution in [0.15, 0.2) is 24.8 Å². The molecule has 0 aliphatic carbocycles. The smallest absolute Gasteiger partial charge is 0.247 e. The van der Waals surface area contributed by atoms with Gasteiger partial charge in [0.05, 0.1) is 12.3 Å². The van der Waals surface area contributed by atoms with Crippen molar-refractivity contribution in [3.05, 3.63) is 36.2 Å². The van der Waals surface area contributed by atoms with Gasteiger partial charge in [0.15, 0.2) is 0 Å². The number of nitrogens with one attached hydrogen (secondary N) is 1. The standard InChI is InChI=1S/C12H12FNO2/c1-2-11(15)14-10-7-9(13)6-8-4-3-5-16-12(8)10/h2,6-7H,1,3-5H2,(H,14,15). The first-order valence-corrected chi connectivity index (χ1v) is 5.09. The topological polar surface area (TPSA) is 38.3 Å². The third-order valence-electron chi connectivity index (χ3n) is 2.41. The molecule has 0 aromatic heterocycles. The number of ether oxygens (including phenoxy) is 1. The molecule has 84 valence electrons. The Balaban J connectivity index is 2.39. The third kappa shape index (κ3) is 2.05. The molecule has 1 amide bonds. The molecule has 0 radical (unpaired) electrons. The van der Waals surface area contributed by atoms with Crippen LogP contribution >= 0.6 is 0 Å². The summed E-state index contributed by atoms with van der Waals surface area (Å²) in [7, 11) is 0. The zero-order valence-corrected chi connectivity index (χ0v) is 8.75. The molecule has 0 fully saturated rings. The molecule has 1 N–H and O–H groups in total. The van der Waals surface area contributed by atoms with Gasteiger partial charge in [0.25, 0.3) is 0 Å². The fourth-order valence-electron chi connectivity index (χ4n) is 1.72. The maximum atomic E-state index is 13.3. The molecule has 1 aromatic carbocycles. The van der Waals surface area contributed by atoms with E-state index in [9.17, 15) is 9.18 Å². The van der Waals surface area contributed by atoms with Gasteiger partial charge in [0.1, 0.15) is 11.6 Å². The minimum Gasteiger partial charge on any atom is -0.491 e. The molecule has 0 atom stereocenters. The number of carbonyl (C=O) groups is 1. The molecule has 1 heterocycles. The van der Waals surface area contributed by atoms with Crippen LogP contribution in [-0.4, -0.2) is 12.5 Å². The summed E-state index contributed by atoms with van der Waals surface area (Å²) in [6, 6.07) is 2.70. The lowest BCUT2D eigenvalue weighted by Gasteiger charge is -2.20. The highest BCUT2D eigenvalue weighted by molar-refractivity contribution is 6.00. The van der Waals surface area contributed by atoms with Crippen molar-refractivity contribution in [3.63, 3.8) is 0 Å². The number of carbonyl (C=O) groups excluding carboxylic acids is 1. The van der Waals surface area contributed by atoms with E-state index < -0.39 is 0 Å². The number of benzene rings is 1. The molecule has 0 saturated carbocycles. The summed E-state index contributed by atoms with van der Waals surface area (Å²) < 4.78 is 18.7. The lowest BCUT2D eigenvalue weighted by Crippen LogP contribution is -2.14. The van der Waals surface area contributed by atoms with Crippen LogP contribution in [0.4, 0.5) is 10.1 Å². The molecular formula is C12H12FNO2. The van der Waals surface area contributed by atoms with Crippen molar-refractivity contribution in [3.8, 4) is 5.75 Å². The highest BCUT2D eigenvalue weighted by Crippen LogP contribution is 2.34. The fraction of sp³-hybridized carbons (Fsp3) is 0.250. The Morgan fingerprint density at radius 1 is 1.56 bits per heavy atom. The minimum absolute atomic E-state index is 0.372. The molecule has 1 aliphatic rings. The van der Waals surface area contributed by atoms with Gasteiger partial charge >= 0.3 is 0 Å². The zero-order chi connectivity index (χ0) is 11.5. The lowest BCUT2D eigenvalue weighted by atomic mass is 10.0. The second-order valence-electron chi connectivity index (χ2n) is 3.59. The molecule has 0 saturated heterocycles. The van der Waals surface area contributed by atoms with Gasteiger partial charge < -0.3 is 10.1 Å². The highest BCUT2D eigenvalue weighted by Gasteiger charge is 2.17.